The van der Waals surface area contributed by atoms with Gasteiger partial charge in [0.2, 0.25) is 10.0 Å². The molecule has 0 amide bonds. The molecule has 0 saturated heterocycles. The Bertz CT molecular complexity index is 523. The zero-order valence-corrected chi connectivity index (χ0v) is 11.9. The Morgan fingerprint density at radius 1 is 1.33 bits per heavy atom. The summed E-state index contributed by atoms with van der Waals surface area (Å²) < 4.78 is 27.1. The number of sulfonamides is 1. The highest BCUT2D eigenvalue weighted by Gasteiger charge is 2.28. The first kappa shape index (κ1) is 13.6. The summed E-state index contributed by atoms with van der Waals surface area (Å²) in [5.74, 6) is 0. The number of unbranched alkanes of at least 4 members (excludes halogenated alkanes) is 1. The molecule has 0 aliphatic carbocycles. The molecule has 0 aromatic heterocycles. The van der Waals surface area contributed by atoms with Gasteiger partial charge in [-0.2, -0.15) is 0 Å². The molecule has 18 heavy (non-hydrogen) atoms. The van der Waals surface area contributed by atoms with Crippen LogP contribution >= 0.6 is 0 Å². The van der Waals surface area contributed by atoms with Crippen molar-refractivity contribution in [3.05, 3.63) is 29.3 Å². The van der Waals surface area contributed by atoms with Crippen LogP contribution in [-0.2, 0) is 22.9 Å². The van der Waals surface area contributed by atoms with Gasteiger partial charge in [0.1, 0.15) is 0 Å². The van der Waals surface area contributed by atoms with Crippen molar-refractivity contribution in [2.75, 3.05) is 0 Å². The van der Waals surface area contributed by atoms with Gasteiger partial charge in [0.05, 0.1) is 4.90 Å². The van der Waals surface area contributed by atoms with E-state index in [0.29, 0.717) is 4.90 Å². The van der Waals surface area contributed by atoms with Crippen LogP contribution in [0.15, 0.2) is 23.1 Å². The standard InChI is InChI=1S/C14H21NO2S/c1-3-5-6-11-7-8-12-10-13(4-2)15-18(16,17)14(12)9-11/h7-9,13,15H,3-6,10H2,1-2H3/t13-/m1/s1. The summed E-state index contributed by atoms with van der Waals surface area (Å²) in [5.41, 5.74) is 2.08. The van der Waals surface area contributed by atoms with Crippen LogP contribution in [0.1, 0.15) is 44.2 Å². The largest absolute Gasteiger partial charge is 0.241 e. The molecular weight excluding hydrogens is 246 g/mol. The fraction of sp³-hybridized carbons (Fsp3) is 0.571. The van der Waals surface area contributed by atoms with Gasteiger partial charge in [0.15, 0.2) is 0 Å². The molecule has 1 aromatic carbocycles. The predicted octanol–water partition coefficient (Wildman–Crippen LogP) is 2.64. The van der Waals surface area contributed by atoms with Crippen molar-refractivity contribution in [2.45, 2.75) is 56.9 Å². The molecular formula is C14H21NO2S. The van der Waals surface area contributed by atoms with Crippen molar-refractivity contribution < 1.29 is 8.42 Å². The number of benzene rings is 1. The number of hydrogen-bond donors (Lipinski definition) is 1. The molecule has 0 spiro atoms. The lowest BCUT2D eigenvalue weighted by Gasteiger charge is -2.25. The van der Waals surface area contributed by atoms with Crippen LogP contribution in [0.5, 0.6) is 0 Å². The smallest absolute Gasteiger partial charge is 0.208 e. The second kappa shape index (κ2) is 5.41. The highest BCUT2D eigenvalue weighted by molar-refractivity contribution is 7.89. The molecule has 4 heteroatoms. The average molecular weight is 267 g/mol. The molecule has 0 unspecified atom stereocenters. The van der Waals surface area contributed by atoms with Crippen molar-refractivity contribution in [1.82, 2.24) is 4.72 Å². The van der Waals surface area contributed by atoms with Gasteiger partial charge in [-0.25, -0.2) is 13.1 Å². The van der Waals surface area contributed by atoms with E-state index in [-0.39, 0.29) is 6.04 Å². The minimum atomic E-state index is -3.30. The maximum absolute atomic E-state index is 12.2. The van der Waals surface area contributed by atoms with E-state index >= 15 is 0 Å². The Balaban J connectivity index is 2.34. The predicted molar refractivity (Wildman–Crippen MR) is 73.2 cm³/mol. The summed E-state index contributed by atoms with van der Waals surface area (Å²) in [6.45, 7) is 4.15. The molecule has 0 radical (unpaired) electrons. The molecule has 1 N–H and O–H groups in total. The lowest BCUT2D eigenvalue weighted by atomic mass is 10.0. The van der Waals surface area contributed by atoms with Gasteiger partial charge >= 0.3 is 0 Å². The van der Waals surface area contributed by atoms with Gasteiger partial charge in [-0.3, -0.25) is 0 Å². The van der Waals surface area contributed by atoms with E-state index in [1.807, 2.05) is 19.1 Å². The number of fused-ring (bicyclic) bond motifs is 1. The van der Waals surface area contributed by atoms with E-state index in [2.05, 4.69) is 17.7 Å². The van der Waals surface area contributed by atoms with Gasteiger partial charge in [0, 0.05) is 6.04 Å². The normalized spacial score (nSPS) is 21.6. The number of rotatable bonds is 4. The van der Waals surface area contributed by atoms with Crippen molar-refractivity contribution in [3.63, 3.8) is 0 Å². The van der Waals surface area contributed by atoms with E-state index in [9.17, 15) is 8.42 Å². The zero-order chi connectivity index (χ0) is 13.2. The van der Waals surface area contributed by atoms with Gasteiger partial charge in [-0.15, -0.1) is 0 Å². The van der Waals surface area contributed by atoms with Crippen LogP contribution < -0.4 is 4.72 Å². The molecule has 0 fully saturated rings. The summed E-state index contributed by atoms with van der Waals surface area (Å²) in [7, 11) is -3.30. The minimum Gasteiger partial charge on any atom is -0.208 e. The Morgan fingerprint density at radius 2 is 2.11 bits per heavy atom. The maximum atomic E-state index is 12.2. The molecule has 3 nitrogen and oxygen atoms in total. The Kier molecular flexibility index (Phi) is 4.07. The fourth-order valence-electron chi connectivity index (χ4n) is 2.37. The van der Waals surface area contributed by atoms with Crippen LogP contribution in [0.4, 0.5) is 0 Å². The van der Waals surface area contributed by atoms with E-state index in [0.717, 1.165) is 43.2 Å². The Morgan fingerprint density at radius 3 is 2.78 bits per heavy atom. The lowest BCUT2D eigenvalue weighted by molar-refractivity contribution is 0.518. The third-order valence-corrected chi connectivity index (χ3v) is 5.12. The minimum absolute atomic E-state index is 0.0454. The lowest BCUT2D eigenvalue weighted by Crippen LogP contribution is -2.40. The van der Waals surface area contributed by atoms with Crippen LogP contribution in [0.25, 0.3) is 0 Å². The Labute approximate surface area is 110 Å². The fourth-order valence-corrected chi connectivity index (χ4v) is 3.99. The van der Waals surface area contributed by atoms with Gasteiger partial charge in [-0.05, 0) is 42.9 Å². The molecule has 2 rings (SSSR count). The molecule has 1 aliphatic heterocycles. The summed E-state index contributed by atoms with van der Waals surface area (Å²) in [6, 6.07) is 5.95. The average Bonchev–Trinajstić information content (AvgIpc) is 2.35. The van der Waals surface area contributed by atoms with Crippen LogP contribution in [0.2, 0.25) is 0 Å². The van der Waals surface area contributed by atoms with Crippen LogP contribution in [0, 0.1) is 0 Å². The third kappa shape index (κ3) is 2.75. The Hall–Kier alpha value is -0.870. The number of aryl methyl sites for hydroxylation is 1. The summed E-state index contributed by atoms with van der Waals surface area (Å²) in [4.78, 5) is 0.487. The molecule has 0 bridgehead atoms. The molecule has 1 heterocycles. The summed E-state index contributed by atoms with van der Waals surface area (Å²) in [6.07, 6.45) is 4.82. The number of nitrogens with one attached hydrogen (secondary N) is 1. The van der Waals surface area contributed by atoms with E-state index in [1.54, 1.807) is 0 Å². The summed E-state index contributed by atoms with van der Waals surface area (Å²) in [5, 5.41) is 0. The second-order valence-corrected chi connectivity index (χ2v) is 6.66. The van der Waals surface area contributed by atoms with Crippen molar-refractivity contribution in [2.24, 2.45) is 0 Å². The van der Waals surface area contributed by atoms with Gasteiger partial charge in [0.25, 0.3) is 0 Å². The molecule has 1 aliphatic rings. The summed E-state index contributed by atoms with van der Waals surface area (Å²) >= 11 is 0. The highest BCUT2D eigenvalue weighted by atomic mass is 32.2. The van der Waals surface area contributed by atoms with Crippen LogP contribution in [0.3, 0.4) is 0 Å². The second-order valence-electron chi connectivity index (χ2n) is 4.98. The van der Waals surface area contributed by atoms with E-state index < -0.39 is 10.0 Å². The third-order valence-electron chi connectivity index (χ3n) is 3.52. The number of hydrogen-bond acceptors (Lipinski definition) is 2. The highest BCUT2D eigenvalue weighted by Crippen LogP contribution is 2.25. The molecule has 0 saturated carbocycles. The molecule has 100 valence electrons. The van der Waals surface area contributed by atoms with Gasteiger partial charge < -0.3 is 0 Å². The van der Waals surface area contributed by atoms with Gasteiger partial charge in [-0.1, -0.05) is 32.4 Å². The van der Waals surface area contributed by atoms with Crippen molar-refractivity contribution in [3.8, 4) is 0 Å². The topological polar surface area (TPSA) is 46.2 Å². The monoisotopic (exact) mass is 267 g/mol. The van der Waals surface area contributed by atoms with Crippen LogP contribution in [-0.4, -0.2) is 14.5 Å². The molecule has 1 aromatic rings. The first-order valence-electron chi connectivity index (χ1n) is 6.71. The first-order valence-corrected chi connectivity index (χ1v) is 8.19. The zero-order valence-electron chi connectivity index (χ0n) is 11.1. The molecule has 1 atom stereocenters. The van der Waals surface area contributed by atoms with Crippen molar-refractivity contribution >= 4 is 10.0 Å². The van der Waals surface area contributed by atoms with E-state index in [1.165, 1.54) is 0 Å². The van der Waals surface area contributed by atoms with E-state index in [4.69, 9.17) is 0 Å². The quantitative estimate of drug-likeness (QED) is 0.911. The van der Waals surface area contributed by atoms with Crippen molar-refractivity contribution in [1.29, 1.82) is 0 Å². The SMILES string of the molecule is CCCCc1ccc2c(c1)S(=O)(=O)N[C@H](CC)C2. The first-order chi connectivity index (χ1) is 8.56. The maximum Gasteiger partial charge on any atom is 0.241 e.